The predicted molar refractivity (Wildman–Crippen MR) is 106 cm³/mol. The monoisotopic (exact) mass is 350 g/mol. The highest BCUT2D eigenvalue weighted by atomic mass is 16.2. The van der Waals surface area contributed by atoms with Crippen LogP contribution >= 0.6 is 0 Å². The Kier molecular flexibility index (Phi) is 6.43. The van der Waals surface area contributed by atoms with E-state index >= 15 is 0 Å². The quantitative estimate of drug-likeness (QED) is 0.757. The molecule has 1 aromatic heterocycles. The Morgan fingerprint density at radius 1 is 1.00 bits per heavy atom. The predicted octanol–water partition coefficient (Wildman–Crippen LogP) is 4.69. The van der Waals surface area contributed by atoms with E-state index in [-0.39, 0.29) is 5.91 Å². The number of amides is 1. The molecule has 1 aliphatic rings. The van der Waals surface area contributed by atoms with Crippen molar-refractivity contribution in [2.24, 2.45) is 5.92 Å². The van der Waals surface area contributed by atoms with Crippen molar-refractivity contribution in [3.8, 4) is 0 Å². The van der Waals surface area contributed by atoms with Gasteiger partial charge in [-0.3, -0.25) is 4.79 Å². The van der Waals surface area contributed by atoms with Gasteiger partial charge in [0.2, 0.25) is 0 Å². The minimum absolute atomic E-state index is 0.0858. The molecule has 1 saturated heterocycles. The van der Waals surface area contributed by atoms with Gasteiger partial charge in [-0.1, -0.05) is 50.6 Å². The second-order valence-electron chi connectivity index (χ2n) is 7.56. The van der Waals surface area contributed by atoms with Crippen molar-refractivity contribution in [3.63, 3.8) is 0 Å². The highest BCUT2D eigenvalue weighted by Gasteiger charge is 2.22. The summed E-state index contributed by atoms with van der Waals surface area (Å²) in [6.07, 6.45) is 6.34. The van der Waals surface area contributed by atoms with Crippen LogP contribution in [0.3, 0.4) is 0 Å². The van der Waals surface area contributed by atoms with Crippen LogP contribution < -0.4 is 0 Å². The van der Waals surface area contributed by atoms with Gasteiger partial charge >= 0.3 is 0 Å². The Balaban J connectivity index is 1.59. The standard InChI is InChI=1S/C23H30N2O/c1-3-5-19-8-10-20(11-9-19)12-13-21-6-4-7-22(24-21)23(26)25-16-14-18(2)15-17-25/h4,6-11,18H,3,5,12-17H2,1-2H3. The molecule has 1 aromatic carbocycles. The lowest BCUT2D eigenvalue weighted by atomic mass is 9.99. The molecule has 1 amide bonds. The van der Waals surface area contributed by atoms with Crippen LogP contribution in [0.1, 0.15) is 60.4 Å². The number of hydrogen-bond acceptors (Lipinski definition) is 2. The minimum Gasteiger partial charge on any atom is -0.337 e. The molecule has 2 heterocycles. The number of pyridine rings is 1. The largest absolute Gasteiger partial charge is 0.337 e. The van der Waals surface area contributed by atoms with Gasteiger partial charge in [-0.2, -0.15) is 0 Å². The molecule has 3 rings (SSSR count). The van der Waals surface area contributed by atoms with Gasteiger partial charge in [0.05, 0.1) is 0 Å². The number of carbonyl (C=O) groups excluding carboxylic acids is 1. The summed E-state index contributed by atoms with van der Waals surface area (Å²) in [5.74, 6) is 0.810. The van der Waals surface area contributed by atoms with Crippen LogP contribution in [0.5, 0.6) is 0 Å². The third-order valence-electron chi connectivity index (χ3n) is 5.33. The molecule has 26 heavy (non-hydrogen) atoms. The fraction of sp³-hybridized carbons (Fsp3) is 0.478. The summed E-state index contributed by atoms with van der Waals surface area (Å²) in [4.78, 5) is 19.3. The lowest BCUT2D eigenvalue weighted by molar-refractivity contribution is 0.0691. The molecule has 0 atom stereocenters. The van der Waals surface area contributed by atoms with Crippen LogP contribution in [-0.2, 0) is 19.3 Å². The maximum atomic E-state index is 12.7. The number of rotatable bonds is 6. The van der Waals surface area contributed by atoms with Crippen LogP contribution in [0.4, 0.5) is 0 Å². The van der Waals surface area contributed by atoms with E-state index < -0.39 is 0 Å². The zero-order valence-electron chi connectivity index (χ0n) is 16.1. The first-order valence-corrected chi connectivity index (χ1v) is 9.98. The maximum absolute atomic E-state index is 12.7. The summed E-state index contributed by atoms with van der Waals surface area (Å²) in [6, 6.07) is 14.7. The number of hydrogen-bond donors (Lipinski definition) is 0. The van der Waals surface area contributed by atoms with E-state index in [1.165, 1.54) is 17.5 Å². The Morgan fingerprint density at radius 2 is 1.65 bits per heavy atom. The summed E-state index contributed by atoms with van der Waals surface area (Å²) in [6.45, 7) is 6.18. The van der Waals surface area contributed by atoms with Gasteiger partial charge in [0.25, 0.3) is 5.91 Å². The SMILES string of the molecule is CCCc1ccc(CCc2cccc(C(=O)N3CCC(C)CC3)n2)cc1. The average Bonchev–Trinajstić information content (AvgIpc) is 2.68. The number of nitrogens with zero attached hydrogens (tertiary/aromatic N) is 2. The molecule has 0 aliphatic carbocycles. The van der Waals surface area contributed by atoms with E-state index in [1.807, 2.05) is 23.1 Å². The number of carbonyl (C=O) groups is 1. The van der Waals surface area contributed by atoms with Crippen LogP contribution in [0.2, 0.25) is 0 Å². The van der Waals surface area contributed by atoms with Gasteiger partial charge in [0.15, 0.2) is 0 Å². The molecule has 1 aliphatic heterocycles. The number of piperidine rings is 1. The normalized spacial score (nSPS) is 15.2. The topological polar surface area (TPSA) is 33.2 Å². The fourth-order valence-electron chi connectivity index (χ4n) is 3.55. The third kappa shape index (κ3) is 4.94. The number of likely N-dealkylation sites (tertiary alicyclic amines) is 1. The molecule has 0 unspecified atom stereocenters. The average molecular weight is 351 g/mol. The molecule has 1 fully saturated rings. The van der Waals surface area contributed by atoms with Crippen molar-refractivity contribution in [1.29, 1.82) is 0 Å². The Hall–Kier alpha value is -2.16. The first-order chi connectivity index (χ1) is 12.7. The van der Waals surface area contributed by atoms with Crippen LogP contribution in [-0.4, -0.2) is 28.9 Å². The molecular weight excluding hydrogens is 320 g/mol. The van der Waals surface area contributed by atoms with Crippen molar-refractivity contribution in [1.82, 2.24) is 9.88 Å². The van der Waals surface area contributed by atoms with E-state index in [9.17, 15) is 4.79 Å². The van der Waals surface area contributed by atoms with Crippen molar-refractivity contribution in [3.05, 3.63) is 65.0 Å². The smallest absolute Gasteiger partial charge is 0.272 e. The minimum atomic E-state index is 0.0858. The van der Waals surface area contributed by atoms with E-state index in [4.69, 9.17) is 0 Å². The third-order valence-corrected chi connectivity index (χ3v) is 5.33. The highest BCUT2D eigenvalue weighted by molar-refractivity contribution is 5.92. The highest BCUT2D eigenvalue weighted by Crippen LogP contribution is 2.18. The van der Waals surface area contributed by atoms with Gasteiger partial charge in [-0.05, 0) is 61.3 Å². The van der Waals surface area contributed by atoms with Crippen molar-refractivity contribution in [2.75, 3.05) is 13.1 Å². The van der Waals surface area contributed by atoms with Crippen LogP contribution in [0.25, 0.3) is 0 Å². The number of aromatic nitrogens is 1. The molecule has 3 heteroatoms. The van der Waals surface area contributed by atoms with Crippen molar-refractivity contribution >= 4 is 5.91 Å². The van der Waals surface area contributed by atoms with Crippen molar-refractivity contribution in [2.45, 2.75) is 52.4 Å². The fourth-order valence-corrected chi connectivity index (χ4v) is 3.55. The van der Waals surface area contributed by atoms with E-state index in [2.05, 4.69) is 43.1 Å². The number of benzene rings is 1. The van der Waals surface area contributed by atoms with Gasteiger partial charge < -0.3 is 4.90 Å². The molecular formula is C23H30N2O. The summed E-state index contributed by atoms with van der Waals surface area (Å²) in [7, 11) is 0. The lowest BCUT2D eigenvalue weighted by Gasteiger charge is -2.30. The molecule has 3 nitrogen and oxygen atoms in total. The molecule has 0 N–H and O–H groups in total. The van der Waals surface area contributed by atoms with Crippen LogP contribution in [0, 0.1) is 5.92 Å². The molecule has 0 spiro atoms. The summed E-state index contributed by atoms with van der Waals surface area (Å²) < 4.78 is 0. The second-order valence-corrected chi connectivity index (χ2v) is 7.56. The molecule has 0 radical (unpaired) electrons. The van der Waals surface area contributed by atoms with Gasteiger partial charge in [-0.25, -0.2) is 4.98 Å². The molecule has 138 valence electrons. The Bertz CT molecular complexity index is 715. The zero-order chi connectivity index (χ0) is 18.4. The zero-order valence-corrected chi connectivity index (χ0v) is 16.1. The molecule has 2 aromatic rings. The summed E-state index contributed by atoms with van der Waals surface area (Å²) >= 11 is 0. The maximum Gasteiger partial charge on any atom is 0.272 e. The Labute approximate surface area is 157 Å². The van der Waals surface area contributed by atoms with Gasteiger partial charge in [0.1, 0.15) is 5.69 Å². The summed E-state index contributed by atoms with van der Waals surface area (Å²) in [5.41, 5.74) is 4.32. The first-order valence-electron chi connectivity index (χ1n) is 9.98. The van der Waals surface area contributed by atoms with Gasteiger partial charge in [-0.15, -0.1) is 0 Å². The Morgan fingerprint density at radius 3 is 2.31 bits per heavy atom. The lowest BCUT2D eigenvalue weighted by Crippen LogP contribution is -2.38. The van der Waals surface area contributed by atoms with Gasteiger partial charge in [0, 0.05) is 18.8 Å². The first kappa shape index (κ1) is 18.6. The van der Waals surface area contributed by atoms with E-state index in [0.717, 1.165) is 56.8 Å². The summed E-state index contributed by atoms with van der Waals surface area (Å²) in [5, 5.41) is 0. The molecule has 0 bridgehead atoms. The van der Waals surface area contributed by atoms with Crippen molar-refractivity contribution < 1.29 is 4.79 Å². The van der Waals surface area contributed by atoms with E-state index in [1.54, 1.807) is 0 Å². The molecule has 0 saturated carbocycles. The van der Waals surface area contributed by atoms with Crippen LogP contribution in [0.15, 0.2) is 42.5 Å². The van der Waals surface area contributed by atoms with E-state index in [0.29, 0.717) is 5.69 Å². The second kappa shape index (κ2) is 8.98. The number of aryl methyl sites for hydroxylation is 3.